The molecule has 0 spiro atoms. The molecule has 0 aromatic heterocycles. The lowest BCUT2D eigenvalue weighted by Gasteiger charge is -2.40. The first-order valence-electron chi connectivity index (χ1n) is 7.81. The zero-order chi connectivity index (χ0) is 14.3. The highest BCUT2D eigenvalue weighted by Crippen LogP contribution is 2.41. The summed E-state index contributed by atoms with van der Waals surface area (Å²) >= 11 is 0. The zero-order valence-corrected chi connectivity index (χ0v) is 12.0. The van der Waals surface area contributed by atoms with Crippen LogP contribution >= 0.6 is 0 Å². The molecule has 0 saturated carbocycles. The third-order valence-corrected chi connectivity index (χ3v) is 5.38. The zero-order valence-electron chi connectivity index (χ0n) is 12.0. The number of piperidine rings is 1. The van der Waals surface area contributed by atoms with Gasteiger partial charge in [0.15, 0.2) is 0 Å². The third kappa shape index (κ3) is 2.43. The van der Waals surface area contributed by atoms with Crippen LogP contribution in [-0.2, 0) is 9.59 Å². The van der Waals surface area contributed by atoms with E-state index in [1.807, 2.05) is 0 Å². The van der Waals surface area contributed by atoms with Crippen molar-refractivity contribution in [2.75, 3.05) is 13.1 Å². The fourth-order valence-electron chi connectivity index (χ4n) is 4.40. The molecule has 3 rings (SSSR count). The molecule has 112 valence electrons. The van der Waals surface area contributed by atoms with Crippen molar-refractivity contribution in [3.05, 3.63) is 0 Å². The van der Waals surface area contributed by atoms with Crippen molar-refractivity contribution in [1.29, 1.82) is 0 Å². The quantitative estimate of drug-likeness (QED) is 0.812. The molecule has 20 heavy (non-hydrogen) atoms. The van der Waals surface area contributed by atoms with Crippen LogP contribution in [0.25, 0.3) is 0 Å². The van der Waals surface area contributed by atoms with E-state index in [1.54, 1.807) is 0 Å². The second-order valence-corrected chi connectivity index (χ2v) is 6.81. The Bertz CT molecular complexity index is 398. The fraction of sp³-hybridized carbons (Fsp3) is 0.867. The number of amides is 1. The summed E-state index contributed by atoms with van der Waals surface area (Å²) in [5.74, 6) is 0.396. The normalized spacial score (nSPS) is 40.0. The van der Waals surface area contributed by atoms with E-state index in [0.29, 0.717) is 23.9 Å². The molecule has 3 saturated heterocycles. The summed E-state index contributed by atoms with van der Waals surface area (Å²) in [5.41, 5.74) is 0. The minimum absolute atomic E-state index is 0.120. The van der Waals surface area contributed by atoms with Gasteiger partial charge in [-0.05, 0) is 44.1 Å². The molecule has 0 aliphatic carbocycles. The molecule has 2 bridgehead atoms. The van der Waals surface area contributed by atoms with Crippen molar-refractivity contribution in [3.8, 4) is 0 Å². The van der Waals surface area contributed by atoms with E-state index in [1.165, 1.54) is 0 Å². The van der Waals surface area contributed by atoms with Crippen molar-refractivity contribution in [2.24, 2.45) is 17.8 Å². The van der Waals surface area contributed by atoms with Gasteiger partial charge in [0.05, 0.1) is 5.92 Å². The standard InChI is InChI=1S/C15H24N2O3/c1-9-7-16-8-13(9)15(20)17-11-2-3-12(17)5-10(4-11)6-14(18)19/h9-13,16H,2-8H2,1H3,(H,18,19). The molecular weight excluding hydrogens is 256 g/mol. The van der Waals surface area contributed by atoms with Crippen LogP contribution in [0.1, 0.15) is 39.0 Å². The first kappa shape index (κ1) is 13.9. The summed E-state index contributed by atoms with van der Waals surface area (Å²) in [7, 11) is 0. The molecule has 3 heterocycles. The second-order valence-electron chi connectivity index (χ2n) is 6.81. The number of hydrogen-bond donors (Lipinski definition) is 2. The molecule has 3 aliphatic heterocycles. The maximum Gasteiger partial charge on any atom is 0.303 e. The minimum atomic E-state index is -0.706. The summed E-state index contributed by atoms with van der Waals surface area (Å²) in [6.07, 6.45) is 4.13. The van der Waals surface area contributed by atoms with Gasteiger partial charge in [0.25, 0.3) is 0 Å². The summed E-state index contributed by atoms with van der Waals surface area (Å²) in [6.45, 7) is 3.87. The van der Waals surface area contributed by atoms with Crippen LogP contribution in [0.15, 0.2) is 0 Å². The Morgan fingerprint density at radius 2 is 1.85 bits per heavy atom. The predicted octanol–water partition coefficient (Wildman–Crippen LogP) is 1.09. The summed E-state index contributed by atoms with van der Waals surface area (Å²) in [4.78, 5) is 25.8. The van der Waals surface area contributed by atoms with Crippen LogP contribution in [0.3, 0.4) is 0 Å². The Morgan fingerprint density at radius 1 is 1.20 bits per heavy atom. The van der Waals surface area contributed by atoms with Crippen molar-refractivity contribution in [3.63, 3.8) is 0 Å². The number of rotatable bonds is 3. The van der Waals surface area contributed by atoms with Crippen molar-refractivity contribution < 1.29 is 14.7 Å². The lowest BCUT2D eigenvalue weighted by molar-refractivity contribution is -0.142. The summed E-state index contributed by atoms with van der Waals surface area (Å²) < 4.78 is 0. The van der Waals surface area contributed by atoms with Gasteiger partial charge in [-0.2, -0.15) is 0 Å². The number of carbonyl (C=O) groups is 2. The Morgan fingerprint density at radius 3 is 2.35 bits per heavy atom. The molecule has 0 aromatic carbocycles. The molecule has 0 aromatic rings. The number of nitrogens with zero attached hydrogens (tertiary/aromatic N) is 1. The lowest BCUT2D eigenvalue weighted by Crippen LogP contribution is -2.50. The number of carboxylic acid groups (broad SMARTS) is 1. The molecule has 5 heteroatoms. The summed E-state index contributed by atoms with van der Waals surface area (Å²) in [6, 6.07) is 0.580. The van der Waals surface area contributed by atoms with E-state index in [0.717, 1.165) is 38.8 Å². The van der Waals surface area contributed by atoms with E-state index in [4.69, 9.17) is 5.11 Å². The van der Waals surface area contributed by atoms with E-state index in [-0.39, 0.29) is 18.3 Å². The van der Waals surface area contributed by atoms with Crippen LogP contribution in [0.5, 0.6) is 0 Å². The number of carbonyl (C=O) groups excluding carboxylic acids is 1. The summed E-state index contributed by atoms with van der Waals surface area (Å²) in [5, 5.41) is 12.3. The Balaban J connectivity index is 1.67. The third-order valence-electron chi connectivity index (χ3n) is 5.38. The molecule has 2 N–H and O–H groups in total. The Labute approximate surface area is 119 Å². The molecule has 4 atom stereocenters. The number of nitrogens with one attached hydrogen (secondary N) is 1. The van der Waals surface area contributed by atoms with Gasteiger partial charge in [0, 0.05) is 25.0 Å². The van der Waals surface area contributed by atoms with E-state index >= 15 is 0 Å². The van der Waals surface area contributed by atoms with Gasteiger partial charge >= 0.3 is 5.97 Å². The lowest BCUT2D eigenvalue weighted by atomic mass is 9.86. The van der Waals surface area contributed by atoms with Crippen LogP contribution in [0.4, 0.5) is 0 Å². The first-order valence-corrected chi connectivity index (χ1v) is 7.81. The predicted molar refractivity (Wildman–Crippen MR) is 74.2 cm³/mol. The fourth-order valence-corrected chi connectivity index (χ4v) is 4.40. The van der Waals surface area contributed by atoms with Gasteiger partial charge in [-0.1, -0.05) is 6.92 Å². The molecule has 3 aliphatic rings. The minimum Gasteiger partial charge on any atom is -0.481 e. The van der Waals surface area contributed by atoms with Crippen molar-refractivity contribution >= 4 is 11.9 Å². The van der Waals surface area contributed by atoms with Gasteiger partial charge < -0.3 is 15.3 Å². The molecular formula is C15H24N2O3. The maximum absolute atomic E-state index is 12.8. The highest BCUT2D eigenvalue weighted by molar-refractivity contribution is 5.81. The van der Waals surface area contributed by atoms with E-state index in [2.05, 4.69) is 17.1 Å². The molecule has 1 amide bonds. The number of fused-ring (bicyclic) bond motifs is 2. The number of hydrogen-bond acceptors (Lipinski definition) is 3. The van der Waals surface area contributed by atoms with Crippen LogP contribution in [0.2, 0.25) is 0 Å². The SMILES string of the molecule is CC1CNCC1C(=O)N1C2CCC1CC(CC(=O)O)C2. The maximum atomic E-state index is 12.8. The smallest absolute Gasteiger partial charge is 0.303 e. The van der Waals surface area contributed by atoms with Crippen LogP contribution < -0.4 is 5.32 Å². The van der Waals surface area contributed by atoms with Crippen molar-refractivity contribution in [1.82, 2.24) is 10.2 Å². The molecule has 5 nitrogen and oxygen atoms in total. The molecule has 0 radical (unpaired) electrons. The average molecular weight is 280 g/mol. The molecule has 3 fully saturated rings. The van der Waals surface area contributed by atoms with E-state index in [9.17, 15) is 9.59 Å². The highest BCUT2D eigenvalue weighted by Gasteiger charge is 2.46. The first-order chi connectivity index (χ1) is 9.56. The Kier molecular flexibility index (Phi) is 3.71. The van der Waals surface area contributed by atoms with Crippen molar-refractivity contribution in [2.45, 2.75) is 51.1 Å². The van der Waals surface area contributed by atoms with Gasteiger partial charge in [0.2, 0.25) is 5.91 Å². The molecule has 4 unspecified atom stereocenters. The number of aliphatic carboxylic acids is 1. The van der Waals surface area contributed by atoms with Gasteiger partial charge in [-0.25, -0.2) is 0 Å². The van der Waals surface area contributed by atoms with E-state index < -0.39 is 5.97 Å². The highest BCUT2D eigenvalue weighted by atomic mass is 16.4. The second kappa shape index (κ2) is 5.35. The largest absolute Gasteiger partial charge is 0.481 e. The van der Waals surface area contributed by atoms with Crippen LogP contribution in [0, 0.1) is 17.8 Å². The van der Waals surface area contributed by atoms with Crippen LogP contribution in [-0.4, -0.2) is 47.1 Å². The average Bonchev–Trinajstić information content (AvgIpc) is 2.90. The monoisotopic (exact) mass is 280 g/mol. The van der Waals surface area contributed by atoms with Gasteiger partial charge in [-0.15, -0.1) is 0 Å². The topological polar surface area (TPSA) is 69.6 Å². The van der Waals surface area contributed by atoms with Gasteiger partial charge in [-0.3, -0.25) is 9.59 Å². The Hall–Kier alpha value is -1.10. The number of carboxylic acids is 1. The van der Waals surface area contributed by atoms with Gasteiger partial charge in [0.1, 0.15) is 0 Å².